The van der Waals surface area contributed by atoms with E-state index in [0.717, 1.165) is 24.1 Å². The second-order valence-electron chi connectivity index (χ2n) is 4.68. The zero-order valence-electron chi connectivity index (χ0n) is 10.1. The number of hydrogen-bond donors (Lipinski definition) is 2. The first-order valence-corrected chi connectivity index (χ1v) is 6.26. The van der Waals surface area contributed by atoms with Gasteiger partial charge in [0, 0.05) is 0 Å². The molecule has 2 N–H and O–H groups in total. The van der Waals surface area contributed by atoms with Gasteiger partial charge in [-0.1, -0.05) is 31.2 Å². The van der Waals surface area contributed by atoms with Gasteiger partial charge in [0.25, 0.3) is 0 Å². The van der Waals surface area contributed by atoms with Crippen LogP contribution in [0.4, 0.5) is 0 Å². The summed E-state index contributed by atoms with van der Waals surface area (Å²) in [5.74, 6) is -0.0998. The second-order valence-corrected chi connectivity index (χ2v) is 4.68. The number of carboxylic acid groups (broad SMARTS) is 1. The van der Waals surface area contributed by atoms with Crippen molar-refractivity contribution in [3.8, 4) is 0 Å². The molecule has 17 heavy (non-hydrogen) atoms. The van der Waals surface area contributed by atoms with E-state index in [1.165, 1.54) is 12.8 Å². The standard InChI is InChI=1S/C14H19NO2/c1-2-11-5-3-4-6-12(11)13(14(16)17)15-9-10-7-8-10/h3-6,10,13,15H,2,7-9H2,1H3,(H,16,17). The predicted octanol–water partition coefficient (Wildman–Crippen LogP) is 2.37. The van der Waals surface area contributed by atoms with Gasteiger partial charge >= 0.3 is 5.97 Å². The molecule has 3 heteroatoms. The highest BCUT2D eigenvalue weighted by Crippen LogP contribution is 2.29. The molecule has 1 aliphatic carbocycles. The third-order valence-electron chi connectivity index (χ3n) is 3.30. The fraction of sp³-hybridized carbons (Fsp3) is 0.500. The van der Waals surface area contributed by atoms with Gasteiger partial charge < -0.3 is 10.4 Å². The molecule has 0 saturated heterocycles. The molecule has 1 aliphatic rings. The molecule has 1 fully saturated rings. The Hall–Kier alpha value is -1.35. The van der Waals surface area contributed by atoms with E-state index in [1.807, 2.05) is 24.3 Å². The summed E-state index contributed by atoms with van der Waals surface area (Å²) in [4.78, 5) is 11.3. The summed E-state index contributed by atoms with van der Waals surface area (Å²) in [6.07, 6.45) is 3.33. The Balaban J connectivity index is 2.14. The molecular formula is C14H19NO2. The lowest BCUT2D eigenvalue weighted by molar-refractivity contribution is -0.139. The van der Waals surface area contributed by atoms with E-state index in [9.17, 15) is 9.90 Å². The molecule has 92 valence electrons. The summed E-state index contributed by atoms with van der Waals surface area (Å²) in [5, 5.41) is 12.5. The van der Waals surface area contributed by atoms with Crippen molar-refractivity contribution in [1.82, 2.24) is 5.32 Å². The topological polar surface area (TPSA) is 49.3 Å². The number of carbonyl (C=O) groups is 1. The highest BCUT2D eigenvalue weighted by atomic mass is 16.4. The van der Waals surface area contributed by atoms with Crippen molar-refractivity contribution in [2.24, 2.45) is 5.92 Å². The van der Waals surface area contributed by atoms with Crippen molar-refractivity contribution in [1.29, 1.82) is 0 Å². The lowest BCUT2D eigenvalue weighted by Gasteiger charge is -2.17. The Bertz CT molecular complexity index is 399. The van der Waals surface area contributed by atoms with E-state index in [0.29, 0.717) is 5.92 Å². The maximum Gasteiger partial charge on any atom is 0.325 e. The van der Waals surface area contributed by atoms with Gasteiger partial charge in [-0.3, -0.25) is 4.79 Å². The lowest BCUT2D eigenvalue weighted by Crippen LogP contribution is -2.30. The highest BCUT2D eigenvalue weighted by molar-refractivity contribution is 5.76. The van der Waals surface area contributed by atoms with Crippen LogP contribution in [0.15, 0.2) is 24.3 Å². The van der Waals surface area contributed by atoms with Gasteiger partial charge in [0.2, 0.25) is 0 Å². The number of aliphatic carboxylic acids is 1. The summed E-state index contributed by atoms with van der Waals surface area (Å²) in [7, 11) is 0. The smallest absolute Gasteiger partial charge is 0.325 e. The molecule has 2 rings (SSSR count). The summed E-state index contributed by atoms with van der Waals surface area (Å²) >= 11 is 0. The molecule has 1 saturated carbocycles. The average molecular weight is 233 g/mol. The van der Waals surface area contributed by atoms with Crippen LogP contribution in [0.3, 0.4) is 0 Å². The monoisotopic (exact) mass is 233 g/mol. The minimum absolute atomic E-state index is 0.563. The second kappa shape index (κ2) is 5.32. The summed E-state index contributed by atoms with van der Waals surface area (Å²) in [5.41, 5.74) is 2.02. The first-order chi connectivity index (χ1) is 8.22. The van der Waals surface area contributed by atoms with Gasteiger partial charge in [-0.15, -0.1) is 0 Å². The Morgan fingerprint density at radius 3 is 2.76 bits per heavy atom. The van der Waals surface area contributed by atoms with Gasteiger partial charge in [-0.05, 0) is 42.9 Å². The number of rotatable bonds is 6. The third kappa shape index (κ3) is 3.07. The van der Waals surface area contributed by atoms with Crippen LogP contribution in [0, 0.1) is 5.92 Å². The van der Waals surface area contributed by atoms with Gasteiger partial charge in [0.05, 0.1) is 0 Å². The van der Waals surface area contributed by atoms with Gasteiger partial charge in [-0.2, -0.15) is 0 Å². The molecule has 0 spiro atoms. The fourth-order valence-electron chi connectivity index (χ4n) is 2.07. The van der Waals surface area contributed by atoms with Crippen molar-refractivity contribution in [3.63, 3.8) is 0 Å². The van der Waals surface area contributed by atoms with E-state index < -0.39 is 12.0 Å². The molecule has 1 aromatic rings. The SMILES string of the molecule is CCc1ccccc1C(NCC1CC1)C(=O)O. The van der Waals surface area contributed by atoms with Gasteiger partial charge in [0.1, 0.15) is 6.04 Å². The van der Waals surface area contributed by atoms with E-state index in [4.69, 9.17) is 0 Å². The zero-order chi connectivity index (χ0) is 12.3. The van der Waals surface area contributed by atoms with E-state index in [1.54, 1.807) is 0 Å². The van der Waals surface area contributed by atoms with Crippen molar-refractivity contribution < 1.29 is 9.90 Å². The number of hydrogen-bond acceptors (Lipinski definition) is 2. The maximum absolute atomic E-state index is 11.3. The fourth-order valence-corrected chi connectivity index (χ4v) is 2.07. The molecule has 0 radical (unpaired) electrons. The Morgan fingerprint density at radius 2 is 2.18 bits per heavy atom. The van der Waals surface area contributed by atoms with Crippen molar-refractivity contribution >= 4 is 5.97 Å². The first-order valence-electron chi connectivity index (χ1n) is 6.26. The molecule has 0 amide bonds. The third-order valence-corrected chi connectivity index (χ3v) is 3.30. The molecular weight excluding hydrogens is 214 g/mol. The first kappa shape index (κ1) is 12.1. The van der Waals surface area contributed by atoms with E-state index in [-0.39, 0.29) is 0 Å². The predicted molar refractivity (Wildman–Crippen MR) is 66.9 cm³/mol. The largest absolute Gasteiger partial charge is 0.480 e. The quantitative estimate of drug-likeness (QED) is 0.793. The number of aryl methyl sites for hydroxylation is 1. The summed E-state index contributed by atoms with van der Waals surface area (Å²) in [6.45, 7) is 2.87. The van der Waals surface area contributed by atoms with Crippen molar-refractivity contribution in [2.45, 2.75) is 32.2 Å². The van der Waals surface area contributed by atoms with E-state index >= 15 is 0 Å². The summed E-state index contributed by atoms with van der Waals surface area (Å²) in [6, 6.07) is 7.22. The molecule has 0 bridgehead atoms. The van der Waals surface area contributed by atoms with Crippen LogP contribution in [0.2, 0.25) is 0 Å². The Kier molecular flexibility index (Phi) is 3.79. The molecule has 0 heterocycles. The number of nitrogens with one attached hydrogen (secondary N) is 1. The van der Waals surface area contributed by atoms with Crippen molar-refractivity contribution in [2.75, 3.05) is 6.54 Å². The maximum atomic E-state index is 11.3. The molecule has 1 unspecified atom stereocenters. The highest BCUT2D eigenvalue weighted by Gasteiger charge is 2.26. The minimum atomic E-state index is -0.786. The van der Waals surface area contributed by atoms with Crippen LogP contribution < -0.4 is 5.32 Å². The van der Waals surface area contributed by atoms with E-state index in [2.05, 4.69) is 12.2 Å². The molecule has 0 aliphatic heterocycles. The Labute approximate surface area is 102 Å². The van der Waals surface area contributed by atoms with Gasteiger partial charge in [-0.25, -0.2) is 0 Å². The van der Waals surface area contributed by atoms with Crippen LogP contribution in [-0.2, 0) is 11.2 Å². The van der Waals surface area contributed by atoms with Crippen molar-refractivity contribution in [3.05, 3.63) is 35.4 Å². The van der Waals surface area contributed by atoms with Gasteiger partial charge in [0.15, 0.2) is 0 Å². The average Bonchev–Trinajstić information content (AvgIpc) is 3.13. The molecule has 3 nitrogen and oxygen atoms in total. The number of carboxylic acids is 1. The Morgan fingerprint density at radius 1 is 1.47 bits per heavy atom. The summed E-state index contributed by atoms with van der Waals surface area (Å²) < 4.78 is 0. The molecule has 1 aromatic carbocycles. The minimum Gasteiger partial charge on any atom is -0.480 e. The lowest BCUT2D eigenvalue weighted by atomic mass is 9.98. The normalized spacial score (nSPS) is 16.8. The van der Waals surface area contributed by atoms with Crippen LogP contribution in [0.25, 0.3) is 0 Å². The number of benzene rings is 1. The molecule has 0 aromatic heterocycles. The van der Waals surface area contributed by atoms with Crippen LogP contribution >= 0.6 is 0 Å². The van der Waals surface area contributed by atoms with Crippen LogP contribution in [-0.4, -0.2) is 17.6 Å². The zero-order valence-corrected chi connectivity index (χ0v) is 10.1. The molecule has 1 atom stereocenters. The van der Waals surface area contributed by atoms with Crippen LogP contribution in [0.5, 0.6) is 0 Å². The van der Waals surface area contributed by atoms with Crippen LogP contribution in [0.1, 0.15) is 36.9 Å².